The summed E-state index contributed by atoms with van der Waals surface area (Å²) in [5.74, 6) is 0. The molecule has 3 rings (SSSR count). The summed E-state index contributed by atoms with van der Waals surface area (Å²) in [6.07, 6.45) is 1.51. The van der Waals surface area contributed by atoms with Crippen LogP contribution in [0.4, 0.5) is 5.69 Å². The molecule has 2 atom stereocenters. The highest BCUT2D eigenvalue weighted by molar-refractivity contribution is 7.90. The molecule has 1 aliphatic heterocycles. The molecular formula is C18H21NO3S. The van der Waals surface area contributed by atoms with Crippen molar-refractivity contribution in [3.05, 3.63) is 59.7 Å². The maximum Gasteiger partial charge on any atom is 0.175 e. The Morgan fingerprint density at radius 3 is 2.48 bits per heavy atom. The van der Waals surface area contributed by atoms with E-state index in [1.807, 2.05) is 12.1 Å². The predicted octanol–water partition coefficient (Wildman–Crippen LogP) is 2.57. The largest absolute Gasteiger partial charge is 0.387 e. The SMILES string of the molecule is CC1Cc2ccccc2N1CC(O)c1ccc(S(C)(=O)=O)cc1. The van der Waals surface area contributed by atoms with Crippen molar-refractivity contribution in [3.8, 4) is 0 Å². The lowest BCUT2D eigenvalue weighted by molar-refractivity contribution is 0.181. The lowest BCUT2D eigenvalue weighted by Gasteiger charge is -2.27. The number of anilines is 1. The summed E-state index contributed by atoms with van der Waals surface area (Å²) in [7, 11) is -3.21. The fourth-order valence-electron chi connectivity index (χ4n) is 3.14. The average Bonchev–Trinajstić information content (AvgIpc) is 2.82. The summed E-state index contributed by atoms with van der Waals surface area (Å²) in [5, 5.41) is 10.5. The lowest BCUT2D eigenvalue weighted by atomic mass is 10.1. The quantitative estimate of drug-likeness (QED) is 0.935. The third kappa shape index (κ3) is 3.26. The highest BCUT2D eigenvalue weighted by atomic mass is 32.2. The first-order valence-electron chi connectivity index (χ1n) is 7.69. The highest BCUT2D eigenvalue weighted by Gasteiger charge is 2.27. The molecule has 0 radical (unpaired) electrons. The van der Waals surface area contributed by atoms with Gasteiger partial charge in [-0.05, 0) is 42.7 Å². The molecule has 0 aromatic heterocycles. The first-order valence-corrected chi connectivity index (χ1v) is 9.58. The summed E-state index contributed by atoms with van der Waals surface area (Å²) in [4.78, 5) is 2.48. The number of aliphatic hydroxyl groups excluding tert-OH is 1. The summed E-state index contributed by atoms with van der Waals surface area (Å²) >= 11 is 0. The van der Waals surface area contributed by atoms with Crippen LogP contribution in [0.25, 0.3) is 0 Å². The van der Waals surface area contributed by atoms with E-state index in [1.54, 1.807) is 24.3 Å². The van der Waals surface area contributed by atoms with Crippen LogP contribution in [0.5, 0.6) is 0 Å². The molecule has 1 aliphatic rings. The molecule has 2 aromatic rings. The van der Waals surface area contributed by atoms with Gasteiger partial charge in [-0.25, -0.2) is 8.42 Å². The fourth-order valence-corrected chi connectivity index (χ4v) is 3.77. The highest BCUT2D eigenvalue weighted by Crippen LogP contribution is 2.33. The van der Waals surface area contributed by atoms with Crippen molar-refractivity contribution >= 4 is 15.5 Å². The van der Waals surface area contributed by atoms with Crippen molar-refractivity contribution in [2.45, 2.75) is 30.4 Å². The van der Waals surface area contributed by atoms with E-state index in [-0.39, 0.29) is 4.90 Å². The van der Waals surface area contributed by atoms with Crippen LogP contribution in [0.3, 0.4) is 0 Å². The van der Waals surface area contributed by atoms with E-state index in [0.29, 0.717) is 12.6 Å². The summed E-state index contributed by atoms with van der Waals surface area (Å²) in [6, 6.07) is 15.1. The molecule has 0 spiro atoms. The van der Waals surface area contributed by atoms with E-state index in [0.717, 1.165) is 12.0 Å². The molecule has 5 heteroatoms. The van der Waals surface area contributed by atoms with Crippen LogP contribution < -0.4 is 4.90 Å². The van der Waals surface area contributed by atoms with E-state index in [2.05, 4.69) is 24.0 Å². The van der Waals surface area contributed by atoms with Gasteiger partial charge in [0.2, 0.25) is 0 Å². The second-order valence-corrected chi connectivity index (χ2v) is 8.21. The molecular weight excluding hydrogens is 310 g/mol. The van der Waals surface area contributed by atoms with Gasteiger partial charge in [0.15, 0.2) is 9.84 Å². The minimum atomic E-state index is -3.21. The summed E-state index contributed by atoms with van der Waals surface area (Å²) in [6.45, 7) is 2.65. The zero-order valence-electron chi connectivity index (χ0n) is 13.3. The van der Waals surface area contributed by atoms with E-state index in [1.165, 1.54) is 17.5 Å². The zero-order chi connectivity index (χ0) is 16.6. The third-order valence-corrected chi connectivity index (χ3v) is 5.54. The molecule has 0 aliphatic carbocycles. The number of hydrogen-bond acceptors (Lipinski definition) is 4. The molecule has 1 N–H and O–H groups in total. The lowest BCUT2D eigenvalue weighted by Crippen LogP contribution is -2.33. The Morgan fingerprint density at radius 1 is 1.17 bits per heavy atom. The molecule has 0 saturated heterocycles. The predicted molar refractivity (Wildman–Crippen MR) is 91.5 cm³/mol. The molecule has 0 saturated carbocycles. The topological polar surface area (TPSA) is 57.6 Å². The van der Waals surface area contributed by atoms with Crippen molar-refractivity contribution < 1.29 is 13.5 Å². The van der Waals surface area contributed by atoms with Crippen LogP contribution in [0.15, 0.2) is 53.4 Å². The van der Waals surface area contributed by atoms with Gasteiger partial charge in [-0.2, -0.15) is 0 Å². The van der Waals surface area contributed by atoms with Crippen LogP contribution in [0, 0.1) is 0 Å². The number of β-amino-alcohol motifs (C(OH)–C–C–N with tert-alkyl or cyclic N) is 1. The molecule has 1 heterocycles. The molecule has 4 nitrogen and oxygen atoms in total. The van der Waals surface area contributed by atoms with Crippen molar-refractivity contribution in [3.63, 3.8) is 0 Å². The normalized spacial score (nSPS) is 18.7. The van der Waals surface area contributed by atoms with Crippen molar-refractivity contribution in [1.29, 1.82) is 0 Å². The Kier molecular flexibility index (Phi) is 4.17. The van der Waals surface area contributed by atoms with Gasteiger partial charge in [0.05, 0.1) is 11.0 Å². The van der Waals surface area contributed by atoms with Crippen molar-refractivity contribution in [1.82, 2.24) is 0 Å². The van der Waals surface area contributed by atoms with Gasteiger partial charge >= 0.3 is 0 Å². The van der Waals surface area contributed by atoms with Gasteiger partial charge in [-0.3, -0.25) is 0 Å². The molecule has 0 amide bonds. The molecule has 2 aromatic carbocycles. The van der Waals surface area contributed by atoms with Gasteiger partial charge in [0.25, 0.3) is 0 Å². The van der Waals surface area contributed by atoms with E-state index in [9.17, 15) is 13.5 Å². The number of sulfone groups is 1. The monoisotopic (exact) mass is 331 g/mol. The van der Waals surface area contributed by atoms with Gasteiger partial charge in [0, 0.05) is 24.5 Å². The van der Waals surface area contributed by atoms with Crippen molar-refractivity contribution in [2.24, 2.45) is 0 Å². The fraction of sp³-hybridized carbons (Fsp3) is 0.333. The Hall–Kier alpha value is -1.85. The Balaban J connectivity index is 1.78. The second kappa shape index (κ2) is 5.98. The van der Waals surface area contributed by atoms with E-state index in [4.69, 9.17) is 0 Å². The maximum absolute atomic E-state index is 11.5. The molecule has 122 valence electrons. The second-order valence-electron chi connectivity index (χ2n) is 6.19. The van der Waals surface area contributed by atoms with Crippen LogP contribution in [0.2, 0.25) is 0 Å². The standard InChI is InChI=1S/C18H21NO3S/c1-13-11-15-5-3-4-6-17(15)19(13)12-18(20)14-7-9-16(10-8-14)23(2,21)22/h3-10,13,18,20H,11-12H2,1-2H3. The maximum atomic E-state index is 11.5. The number of para-hydroxylation sites is 1. The van der Waals surface area contributed by atoms with Gasteiger partial charge in [-0.1, -0.05) is 30.3 Å². The third-order valence-electron chi connectivity index (χ3n) is 4.41. The molecule has 23 heavy (non-hydrogen) atoms. The number of fused-ring (bicyclic) bond motifs is 1. The summed E-state index contributed by atoms with van der Waals surface area (Å²) < 4.78 is 23.0. The first kappa shape index (κ1) is 16.0. The Morgan fingerprint density at radius 2 is 1.83 bits per heavy atom. The van der Waals surface area contributed by atoms with Crippen LogP contribution in [-0.2, 0) is 16.3 Å². The average molecular weight is 331 g/mol. The number of benzene rings is 2. The van der Waals surface area contributed by atoms with E-state index < -0.39 is 15.9 Å². The van der Waals surface area contributed by atoms with Crippen LogP contribution in [0.1, 0.15) is 24.2 Å². The zero-order valence-corrected chi connectivity index (χ0v) is 14.1. The summed E-state index contributed by atoms with van der Waals surface area (Å²) in [5.41, 5.74) is 3.21. The first-order chi connectivity index (χ1) is 10.9. The smallest absolute Gasteiger partial charge is 0.175 e. The van der Waals surface area contributed by atoms with E-state index >= 15 is 0 Å². The van der Waals surface area contributed by atoms with Gasteiger partial charge in [-0.15, -0.1) is 0 Å². The minimum absolute atomic E-state index is 0.272. The number of nitrogens with zero attached hydrogens (tertiary/aromatic N) is 1. The minimum Gasteiger partial charge on any atom is -0.387 e. The van der Waals surface area contributed by atoms with Gasteiger partial charge < -0.3 is 10.0 Å². The number of rotatable bonds is 4. The molecule has 2 unspecified atom stereocenters. The van der Waals surface area contributed by atoms with Crippen LogP contribution in [-0.4, -0.2) is 32.4 Å². The Labute approximate surface area is 137 Å². The molecule has 0 bridgehead atoms. The number of hydrogen-bond donors (Lipinski definition) is 1. The Bertz CT molecular complexity index is 799. The number of aliphatic hydroxyl groups is 1. The molecule has 0 fully saturated rings. The van der Waals surface area contributed by atoms with Gasteiger partial charge in [0.1, 0.15) is 0 Å². The van der Waals surface area contributed by atoms with Crippen LogP contribution >= 0.6 is 0 Å². The van der Waals surface area contributed by atoms with Crippen molar-refractivity contribution in [2.75, 3.05) is 17.7 Å².